The van der Waals surface area contributed by atoms with Crippen LogP contribution in [0, 0.1) is 0 Å². The fourth-order valence-corrected chi connectivity index (χ4v) is 9.68. The van der Waals surface area contributed by atoms with Gasteiger partial charge in [-0.3, -0.25) is 14.2 Å². The third kappa shape index (κ3) is 62.4. The number of phosphoric acid groups is 1. The van der Waals surface area contributed by atoms with Gasteiger partial charge in [0.1, 0.15) is 19.8 Å². The van der Waals surface area contributed by atoms with Gasteiger partial charge >= 0.3 is 11.9 Å². The van der Waals surface area contributed by atoms with E-state index < -0.39 is 26.5 Å². The van der Waals surface area contributed by atoms with Crippen molar-refractivity contribution in [1.82, 2.24) is 0 Å². The number of ether oxygens (including phenoxy) is 2. The molecule has 0 aliphatic carbocycles. The SMILES string of the molecule is CC/C=C\C/C=C\C/C=C\C/C=C\C/C=C\C/C=C\CCCCCCCCCCC(=O)OC(COC(=O)CCCCCCCCCCCCCCCCC/C=C\CCCCCCCCCC)COP(=O)([O-])OCC[N+](C)(C)C. The summed E-state index contributed by atoms with van der Waals surface area (Å²) in [6.45, 7) is 4.14. The van der Waals surface area contributed by atoms with Crippen molar-refractivity contribution in [2.75, 3.05) is 47.5 Å². The third-order valence-electron chi connectivity index (χ3n) is 13.9. The Morgan fingerprint density at radius 1 is 0.410 bits per heavy atom. The first-order valence-electron chi connectivity index (χ1n) is 32.3. The fraction of sp³-hybridized carbons (Fsp3) is 0.765. The molecule has 0 radical (unpaired) electrons. The molecular formula is C68H122NO8P. The van der Waals surface area contributed by atoms with Gasteiger partial charge in [-0.1, -0.05) is 266 Å². The van der Waals surface area contributed by atoms with Gasteiger partial charge in [0.25, 0.3) is 7.82 Å². The summed E-state index contributed by atoms with van der Waals surface area (Å²) < 4.78 is 34.3. The maximum atomic E-state index is 12.8. The number of carbonyl (C=O) groups is 2. The molecule has 452 valence electrons. The number of hydrogen-bond acceptors (Lipinski definition) is 8. The second kappa shape index (κ2) is 58.8. The molecule has 0 rings (SSSR count). The molecule has 9 nitrogen and oxygen atoms in total. The number of rotatable bonds is 59. The molecule has 0 aromatic rings. The van der Waals surface area contributed by atoms with Crippen molar-refractivity contribution in [3.8, 4) is 0 Å². The maximum absolute atomic E-state index is 12.8. The van der Waals surface area contributed by atoms with E-state index in [-0.39, 0.29) is 32.0 Å². The van der Waals surface area contributed by atoms with Crippen LogP contribution in [0.5, 0.6) is 0 Å². The van der Waals surface area contributed by atoms with E-state index in [1.165, 1.54) is 167 Å². The maximum Gasteiger partial charge on any atom is 0.306 e. The predicted octanol–water partition coefficient (Wildman–Crippen LogP) is 20.0. The van der Waals surface area contributed by atoms with Crippen molar-refractivity contribution >= 4 is 19.8 Å². The van der Waals surface area contributed by atoms with Crippen LogP contribution >= 0.6 is 7.82 Å². The van der Waals surface area contributed by atoms with Gasteiger partial charge in [0.05, 0.1) is 27.7 Å². The average molecular weight is 1110 g/mol. The van der Waals surface area contributed by atoms with Crippen molar-refractivity contribution < 1.29 is 42.1 Å². The topological polar surface area (TPSA) is 111 Å². The highest BCUT2D eigenvalue weighted by molar-refractivity contribution is 7.45. The summed E-state index contributed by atoms with van der Waals surface area (Å²) in [4.78, 5) is 38.0. The molecule has 10 heteroatoms. The summed E-state index contributed by atoms with van der Waals surface area (Å²) in [5, 5.41) is 0. The van der Waals surface area contributed by atoms with Crippen LogP contribution in [0.4, 0.5) is 0 Å². The largest absolute Gasteiger partial charge is 0.756 e. The number of allylic oxidation sites excluding steroid dienone is 14. The zero-order valence-corrected chi connectivity index (χ0v) is 52.2. The minimum absolute atomic E-state index is 0.0354. The Labute approximate surface area is 481 Å². The lowest BCUT2D eigenvalue weighted by atomic mass is 10.0. The van der Waals surface area contributed by atoms with E-state index in [2.05, 4.69) is 98.9 Å². The van der Waals surface area contributed by atoms with Crippen LogP contribution in [0.25, 0.3) is 0 Å². The van der Waals surface area contributed by atoms with E-state index in [9.17, 15) is 19.0 Å². The molecule has 0 N–H and O–H groups in total. The van der Waals surface area contributed by atoms with E-state index in [0.717, 1.165) is 83.5 Å². The number of carbonyl (C=O) groups excluding carboxylic acids is 2. The minimum Gasteiger partial charge on any atom is -0.756 e. The van der Waals surface area contributed by atoms with Crippen molar-refractivity contribution in [2.45, 2.75) is 290 Å². The standard InChI is InChI=1S/C68H122NO8P/c1-6-8-10-12-14-16-18-20-22-24-26-28-30-32-34-36-38-40-42-44-46-48-50-52-54-56-58-60-67(70)74-64-66(65-76-78(72,73)75-63-62-69(3,4)5)77-68(71)61-59-57-55-53-51-49-47-45-43-41-39-37-35-33-31-29-27-25-23-21-19-17-15-13-11-9-7-2/h9,11,15,17,21,23-24,26-27,29,33,35,39,41,66H,6-8,10,12-14,16,18-20,22,25,28,30-32,34,36-38,40,42-65H2,1-5H3/b11-9-,17-15-,23-21-,26-24-,29-27-,35-33-,41-39-. The molecule has 0 spiro atoms. The molecular weight excluding hydrogens is 990 g/mol. The number of phosphoric ester groups is 1. The van der Waals surface area contributed by atoms with Gasteiger partial charge in [-0.25, -0.2) is 0 Å². The molecule has 0 fully saturated rings. The lowest BCUT2D eigenvalue weighted by Crippen LogP contribution is -2.37. The zero-order valence-electron chi connectivity index (χ0n) is 51.3. The highest BCUT2D eigenvalue weighted by Crippen LogP contribution is 2.38. The smallest absolute Gasteiger partial charge is 0.306 e. The van der Waals surface area contributed by atoms with Crippen molar-refractivity contribution in [3.63, 3.8) is 0 Å². The van der Waals surface area contributed by atoms with Crippen LogP contribution in [-0.4, -0.2) is 70.0 Å². The lowest BCUT2D eigenvalue weighted by molar-refractivity contribution is -0.870. The minimum atomic E-state index is -4.65. The number of quaternary nitrogens is 1. The molecule has 0 heterocycles. The van der Waals surface area contributed by atoms with Crippen molar-refractivity contribution in [3.05, 3.63) is 85.1 Å². The molecule has 0 aliphatic heterocycles. The zero-order chi connectivity index (χ0) is 57.0. The van der Waals surface area contributed by atoms with Gasteiger partial charge in [-0.15, -0.1) is 0 Å². The summed E-state index contributed by atoms with van der Waals surface area (Å²) in [6.07, 6.45) is 79.3. The van der Waals surface area contributed by atoms with Gasteiger partial charge in [-0.2, -0.15) is 0 Å². The summed E-state index contributed by atoms with van der Waals surface area (Å²) in [7, 11) is 1.16. The molecule has 0 saturated carbocycles. The van der Waals surface area contributed by atoms with Crippen LogP contribution in [0.15, 0.2) is 85.1 Å². The normalized spacial score (nSPS) is 13.8. The molecule has 0 aliphatic rings. The molecule has 0 amide bonds. The Balaban J connectivity index is 4.13. The lowest BCUT2D eigenvalue weighted by Gasteiger charge is -2.28. The highest BCUT2D eigenvalue weighted by Gasteiger charge is 2.22. The predicted molar refractivity (Wildman–Crippen MR) is 332 cm³/mol. The number of esters is 2. The van der Waals surface area contributed by atoms with Crippen LogP contribution in [0.2, 0.25) is 0 Å². The van der Waals surface area contributed by atoms with E-state index in [1.54, 1.807) is 0 Å². The first-order valence-corrected chi connectivity index (χ1v) is 33.8. The Kier molecular flexibility index (Phi) is 56.7. The number of likely N-dealkylation sites (N-methyl/N-ethyl adjacent to an activating group) is 1. The van der Waals surface area contributed by atoms with Gasteiger partial charge in [-0.05, 0) is 89.9 Å². The first kappa shape index (κ1) is 75.2. The number of nitrogens with zero attached hydrogens (tertiary/aromatic N) is 1. The van der Waals surface area contributed by atoms with E-state index in [1.807, 2.05) is 21.1 Å². The van der Waals surface area contributed by atoms with Crippen LogP contribution in [0.3, 0.4) is 0 Å². The van der Waals surface area contributed by atoms with E-state index in [4.69, 9.17) is 18.5 Å². The Hall–Kier alpha value is -2.81. The fourth-order valence-electron chi connectivity index (χ4n) is 8.95. The van der Waals surface area contributed by atoms with Crippen LogP contribution < -0.4 is 4.89 Å². The summed E-state index contributed by atoms with van der Waals surface area (Å²) in [5.41, 5.74) is 0. The number of hydrogen-bond donors (Lipinski definition) is 0. The van der Waals surface area contributed by atoms with Gasteiger partial charge in [0, 0.05) is 12.8 Å². The van der Waals surface area contributed by atoms with Gasteiger partial charge < -0.3 is 27.9 Å². The van der Waals surface area contributed by atoms with Crippen molar-refractivity contribution in [1.29, 1.82) is 0 Å². The van der Waals surface area contributed by atoms with Crippen molar-refractivity contribution in [2.24, 2.45) is 0 Å². The number of unbranched alkanes of at least 4 members (excludes halogenated alkanes) is 31. The quantitative estimate of drug-likeness (QED) is 0.0195. The molecule has 0 bridgehead atoms. The highest BCUT2D eigenvalue weighted by atomic mass is 31.2. The second-order valence-corrected chi connectivity index (χ2v) is 24.2. The Bertz CT molecular complexity index is 1590. The summed E-state index contributed by atoms with van der Waals surface area (Å²) >= 11 is 0. The molecule has 2 atom stereocenters. The molecule has 0 aromatic carbocycles. The summed E-state index contributed by atoms with van der Waals surface area (Å²) in [5.74, 6) is -0.837. The monoisotopic (exact) mass is 1110 g/mol. The van der Waals surface area contributed by atoms with Gasteiger partial charge in [0.15, 0.2) is 6.10 Å². The van der Waals surface area contributed by atoms with Crippen LogP contribution in [-0.2, 0) is 32.7 Å². The van der Waals surface area contributed by atoms with E-state index >= 15 is 0 Å². The van der Waals surface area contributed by atoms with Crippen LogP contribution in [0.1, 0.15) is 284 Å². The summed E-state index contributed by atoms with van der Waals surface area (Å²) in [6, 6.07) is 0. The molecule has 0 aromatic heterocycles. The molecule has 0 saturated heterocycles. The second-order valence-electron chi connectivity index (χ2n) is 22.7. The molecule has 78 heavy (non-hydrogen) atoms. The Morgan fingerprint density at radius 3 is 1.10 bits per heavy atom. The van der Waals surface area contributed by atoms with E-state index in [0.29, 0.717) is 17.4 Å². The first-order chi connectivity index (χ1) is 38.0. The molecule has 2 unspecified atom stereocenters. The third-order valence-corrected chi connectivity index (χ3v) is 14.9. The van der Waals surface area contributed by atoms with Gasteiger partial charge in [0.2, 0.25) is 0 Å². The Morgan fingerprint density at radius 2 is 0.731 bits per heavy atom. The average Bonchev–Trinajstić information content (AvgIpc) is 3.41.